The first kappa shape index (κ1) is 17.3. The number of nitrogens with zero attached hydrogens (tertiary/aromatic N) is 4. The van der Waals surface area contributed by atoms with Gasteiger partial charge >= 0.3 is 0 Å². The topological polar surface area (TPSA) is 83.7 Å². The highest BCUT2D eigenvalue weighted by Gasteiger charge is 2.26. The molecule has 0 saturated carbocycles. The van der Waals surface area contributed by atoms with Crippen molar-refractivity contribution in [1.29, 1.82) is 0 Å². The summed E-state index contributed by atoms with van der Waals surface area (Å²) in [6, 6.07) is 0.387. The first-order valence-electron chi connectivity index (χ1n) is 8.75. The van der Waals surface area contributed by atoms with Crippen LogP contribution in [0.1, 0.15) is 37.5 Å². The fourth-order valence-corrected chi connectivity index (χ4v) is 3.27. The van der Waals surface area contributed by atoms with Crippen molar-refractivity contribution in [2.45, 2.75) is 38.8 Å². The van der Waals surface area contributed by atoms with E-state index in [-0.39, 0.29) is 18.0 Å². The second-order valence-corrected chi connectivity index (χ2v) is 6.62. The number of hydrogen-bond donors (Lipinski definition) is 1. The minimum atomic E-state index is 0.115. The van der Waals surface area contributed by atoms with E-state index in [1.54, 1.807) is 0 Å². The molecule has 8 heteroatoms. The lowest BCUT2D eigenvalue weighted by molar-refractivity contribution is -0.124. The molecule has 1 aromatic heterocycles. The van der Waals surface area contributed by atoms with Gasteiger partial charge in [-0.1, -0.05) is 5.16 Å². The fraction of sp³-hybridized carbons (Fsp3) is 0.812. The summed E-state index contributed by atoms with van der Waals surface area (Å²) in [5.41, 5.74) is 0. The van der Waals surface area contributed by atoms with E-state index in [1.807, 2.05) is 6.92 Å². The van der Waals surface area contributed by atoms with Gasteiger partial charge in [0.25, 0.3) is 0 Å². The summed E-state index contributed by atoms with van der Waals surface area (Å²) in [5, 5.41) is 6.98. The van der Waals surface area contributed by atoms with Crippen LogP contribution >= 0.6 is 0 Å². The van der Waals surface area contributed by atoms with Crippen LogP contribution in [0.15, 0.2) is 4.52 Å². The lowest BCUT2D eigenvalue weighted by Gasteiger charge is -2.36. The van der Waals surface area contributed by atoms with Crippen molar-refractivity contribution in [1.82, 2.24) is 25.3 Å². The van der Waals surface area contributed by atoms with Crippen molar-refractivity contribution < 1.29 is 14.1 Å². The largest absolute Gasteiger partial charge is 0.381 e. The molecule has 0 bridgehead atoms. The lowest BCUT2D eigenvalue weighted by atomic mass is 10.1. The molecule has 0 spiro atoms. The highest BCUT2D eigenvalue weighted by molar-refractivity contribution is 5.78. The highest BCUT2D eigenvalue weighted by atomic mass is 16.5. The zero-order valence-corrected chi connectivity index (χ0v) is 14.5. The third-order valence-electron chi connectivity index (χ3n) is 4.81. The van der Waals surface area contributed by atoms with Crippen molar-refractivity contribution in [3.8, 4) is 0 Å². The van der Waals surface area contributed by atoms with Gasteiger partial charge in [-0.15, -0.1) is 0 Å². The Balaban J connectivity index is 1.40. The maximum absolute atomic E-state index is 12.2. The summed E-state index contributed by atoms with van der Waals surface area (Å²) in [6.07, 6.45) is 1.83. The molecule has 0 aromatic carbocycles. The van der Waals surface area contributed by atoms with Gasteiger partial charge < -0.3 is 14.6 Å². The summed E-state index contributed by atoms with van der Waals surface area (Å²) >= 11 is 0. The third kappa shape index (κ3) is 4.52. The Kier molecular flexibility index (Phi) is 5.80. The number of hydrogen-bond acceptors (Lipinski definition) is 7. The predicted molar refractivity (Wildman–Crippen MR) is 87.4 cm³/mol. The average molecular weight is 337 g/mol. The quantitative estimate of drug-likeness (QED) is 0.830. The van der Waals surface area contributed by atoms with Gasteiger partial charge in [-0.05, 0) is 26.7 Å². The SMILES string of the molecule is Cc1noc(C(C)N2CCN(CC(=O)NC3CCOCC3)CC2)n1. The molecule has 3 heterocycles. The molecule has 1 N–H and O–H groups in total. The zero-order chi connectivity index (χ0) is 16.9. The third-order valence-corrected chi connectivity index (χ3v) is 4.81. The number of piperazine rings is 1. The summed E-state index contributed by atoms with van der Waals surface area (Å²) < 4.78 is 10.6. The van der Waals surface area contributed by atoms with Gasteiger partial charge in [0.1, 0.15) is 0 Å². The van der Waals surface area contributed by atoms with Gasteiger partial charge in [0.15, 0.2) is 5.82 Å². The van der Waals surface area contributed by atoms with Crippen LogP contribution < -0.4 is 5.32 Å². The Bertz CT molecular complexity index is 536. The van der Waals surface area contributed by atoms with Gasteiger partial charge in [-0.25, -0.2) is 0 Å². The molecule has 24 heavy (non-hydrogen) atoms. The summed E-state index contributed by atoms with van der Waals surface area (Å²) in [7, 11) is 0. The van der Waals surface area contributed by atoms with Crippen LogP contribution in [0.25, 0.3) is 0 Å². The molecule has 2 saturated heterocycles. The Labute approximate surface area is 142 Å². The molecule has 0 radical (unpaired) electrons. The minimum absolute atomic E-state index is 0.115. The van der Waals surface area contributed by atoms with Crippen molar-refractivity contribution in [2.75, 3.05) is 45.9 Å². The molecule has 2 fully saturated rings. The maximum Gasteiger partial charge on any atom is 0.243 e. The molecule has 2 aliphatic heterocycles. The van der Waals surface area contributed by atoms with Gasteiger partial charge in [-0.2, -0.15) is 4.98 Å². The summed E-state index contributed by atoms with van der Waals surface area (Å²) in [6.45, 7) is 9.42. The number of aryl methyl sites for hydroxylation is 1. The van der Waals surface area contributed by atoms with E-state index in [4.69, 9.17) is 9.26 Å². The van der Waals surface area contributed by atoms with Gasteiger partial charge in [0, 0.05) is 45.4 Å². The molecule has 3 rings (SSSR count). The second kappa shape index (κ2) is 8.04. The number of ether oxygens (including phenoxy) is 1. The first-order valence-corrected chi connectivity index (χ1v) is 8.75. The molecule has 1 atom stereocenters. The number of amides is 1. The van der Waals surface area contributed by atoms with Crippen LogP contribution in [0.3, 0.4) is 0 Å². The van der Waals surface area contributed by atoms with Gasteiger partial charge in [0.05, 0.1) is 12.6 Å². The predicted octanol–water partition coefficient (Wildman–Crippen LogP) is 0.352. The zero-order valence-electron chi connectivity index (χ0n) is 14.5. The molecule has 2 aliphatic rings. The molecule has 1 unspecified atom stereocenters. The van der Waals surface area contributed by atoms with E-state index < -0.39 is 0 Å². The van der Waals surface area contributed by atoms with Crippen LogP contribution in [0.2, 0.25) is 0 Å². The van der Waals surface area contributed by atoms with Crippen LogP contribution in [-0.2, 0) is 9.53 Å². The van der Waals surface area contributed by atoms with Crippen LogP contribution in [-0.4, -0.2) is 77.8 Å². The molecular formula is C16H27N5O3. The second-order valence-electron chi connectivity index (χ2n) is 6.62. The number of carbonyl (C=O) groups excluding carboxylic acids is 1. The minimum Gasteiger partial charge on any atom is -0.381 e. The van der Waals surface area contributed by atoms with Gasteiger partial charge in [-0.3, -0.25) is 14.6 Å². The highest BCUT2D eigenvalue weighted by Crippen LogP contribution is 2.19. The monoisotopic (exact) mass is 337 g/mol. The first-order chi connectivity index (χ1) is 11.6. The van der Waals surface area contributed by atoms with Crippen molar-refractivity contribution in [3.05, 3.63) is 11.7 Å². The van der Waals surface area contributed by atoms with Crippen LogP contribution in [0, 0.1) is 6.92 Å². The standard InChI is InChI=1S/C16H27N5O3/c1-12(16-17-13(2)19-24-16)21-7-5-20(6-8-21)11-15(22)18-14-3-9-23-10-4-14/h12,14H,3-11H2,1-2H3,(H,18,22). The molecule has 1 amide bonds. The van der Waals surface area contributed by atoms with Crippen LogP contribution in [0.5, 0.6) is 0 Å². The van der Waals surface area contributed by atoms with E-state index >= 15 is 0 Å². The number of nitrogens with one attached hydrogen (secondary N) is 1. The Morgan fingerprint density at radius 2 is 2.00 bits per heavy atom. The van der Waals surface area contributed by atoms with Crippen molar-refractivity contribution in [3.63, 3.8) is 0 Å². The molecule has 1 aromatic rings. The number of carbonyl (C=O) groups is 1. The van der Waals surface area contributed by atoms with Crippen LogP contribution in [0.4, 0.5) is 0 Å². The Morgan fingerprint density at radius 1 is 1.29 bits per heavy atom. The van der Waals surface area contributed by atoms with Crippen molar-refractivity contribution >= 4 is 5.91 Å². The van der Waals surface area contributed by atoms with E-state index in [2.05, 4.69) is 32.2 Å². The number of rotatable bonds is 5. The van der Waals surface area contributed by atoms with E-state index in [1.165, 1.54) is 0 Å². The molecular weight excluding hydrogens is 310 g/mol. The van der Waals surface area contributed by atoms with E-state index in [0.29, 0.717) is 18.3 Å². The smallest absolute Gasteiger partial charge is 0.243 e. The maximum atomic E-state index is 12.2. The number of aromatic nitrogens is 2. The molecule has 0 aliphatic carbocycles. The fourth-order valence-electron chi connectivity index (χ4n) is 3.27. The lowest BCUT2D eigenvalue weighted by Crippen LogP contribution is -2.51. The average Bonchev–Trinajstić information content (AvgIpc) is 3.02. The Hall–Kier alpha value is -1.51. The summed E-state index contributed by atoms with van der Waals surface area (Å²) in [4.78, 5) is 21.0. The van der Waals surface area contributed by atoms with E-state index in [9.17, 15) is 4.79 Å². The van der Waals surface area contributed by atoms with Crippen molar-refractivity contribution in [2.24, 2.45) is 0 Å². The Morgan fingerprint density at radius 3 is 2.62 bits per heavy atom. The summed E-state index contributed by atoms with van der Waals surface area (Å²) in [5.74, 6) is 1.45. The van der Waals surface area contributed by atoms with Gasteiger partial charge in [0.2, 0.25) is 11.8 Å². The van der Waals surface area contributed by atoms with E-state index in [0.717, 1.165) is 52.2 Å². The molecule has 8 nitrogen and oxygen atoms in total. The molecule has 134 valence electrons. The normalized spacial score (nSPS) is 22.4.